The number of nitrogens with zero attached hydrogens (tertiary/aromatic N) is 1. The lowest BCUT2D eigenvalue weighted by Gasteiger charge is -2.21. The van der Waals surface area contributed by atoms with E-state index < -0.39 is 29.7 Å². The first kappa shape index (κ1) is 14.7. The van der Waals surface area contributed by atoms with Gasteiger partial charge in [-0.25, -0.2) is 0 Å². The van der Waals surface area contributed by atoms with E-state index in [2.05, 4.69) is 5.32 Å². The van der Waals surface area contributed by atoms with Gasteiger partial charge in [-0.2, -0.15) is 0 Å². The predicted octanol–water partition coefficient (Wildman–Crippen LogP) is 0.262. The van der Waals surface area contributed by atoms with Crippen LogP contribution in [0.15, 0.2) is 24.3 Å². The third-order valence-electron chi connectivity index (χ3n) is 3.23. The molecule has 2 N–H and O–H groups in total. The SMILES string of the molecule is CC(C(=O)NCCC(=O)O)N1C(=O)c2ccccc2C1=O. The van der Waals surface area contributed by atoms with Crippen molar-refractivity contribution >= 4 is 23.7 Å². The second kappa shape index (κ2) is 5.74. The van der Waals surface area contributed by atoms with Gasteiger partial charge >= 0.3 is 5.97 Å². The van der Waals surface area contributed by atoms with Gasteiger partial charge in [-0.15, -0.1) is 0 Å². The molecule has 0 radical (unpaired) electrons. The van der Waals surface area contributed by atoms with Crippen LogP contribution in [0.4, 0.5) is 0 Å². The minimum absolute atomic E-state index is 0.0539. The fourth-order valence-electron chi connectivity index (χ4n) is 2.12. The Labute approximate surface area is 120 Å². The lowest BCUT2D eigenvalue weighted by atomic mass is 10.1. The maximum absolute atomic E-state index is 12.2. The van der Waals surface area contributed by atoms with Crippen LogP contribution in [0.25, 0.3) is 0 Å². The fraction of sp³-hybridized carbons (Fsp3) is 0.286. The Morgan fingerprint density at radius 1 is 1.19 bits per heavy atom. The lowest BCUT2D eigenvalue weighted by Crippen LogP contribution is -2.48. The van der Waals surface area contributed by atoms with Gasteiger partial charge in [0.25, 0.3) is 11.8 Å². The fourth-order valence-corrected chi connectivity index (χ4v) is 2.12. The van der Waals surface area contributed by atoms with Crippen molar-refractivity contribution in [2.24, 2.45) is 0 Å². The minimum Gasteiger partial charge on any atom is -0.481 e. The van der Waals surface area contributed by atoms with E-state index >= 15 is 0 Å². The van der Waals surface area contributed by atoms with E-state index in [1.165, 1.54) is 19.1 Å². The molecule has 1 aromatic rings. The molecule has 0 spiro atoms. The summed E-state index contributed by atoms with van der Waals surface area (Å²) in [5, 5.41) is 10.9. The van der Waals surface area contributed by atoms with Gasteiger partial charge in [0.1, 0.15) is 6.04 Å². The number of hydrogen-bond acceptors (Lipinski definition) is 4. The molecule has 110 valence electrons. The molecule has 0 saturated heterocycles. The van der Waals surface area contributed by atoms with Gasteiger partial charge in [0.15, 0.2) is 0 Å². The number of carboxylic acids is 1. The van der Waals surface area contributed by atoms with Crippen molar-refractivity contribution in [3.05, 3.63) is 35.4 Å². The molecule has 0 fully saturated rings. The van der Waals surface area contributed by atoms with Crippen molar-refractivity contribution in [1.29, 1.82) is 0 Å². The Balaban J connectivity index is 2.09. The number of aliphatic carboxylic acids is 1. The zero-order chi connectivity index (χ0) is 15.6. The second-order valence-electron chi connectivity index (χ2n) is 4.64. The topological polar surface area (TPSA) is 104 Å². The Kier molecular flexibility index (Phi) is 4.02. The van der Waals surface area contributed by atoms with E-state index in [4.69, 9.17) is 5.11 Å². The van der Waals surface area contributed by atoms with Gasteiger partial charge in [-0.05, 0) is 19.1 Å². The molecule has 0 aromatic heterocycles. The van der Waals surface area contributed by atoms with Crippen molar-refractivity contribution in [3.8, 4) is 0 Å². The smallest absolute Gasteiger partial charge is 0.305 e. The maximum Gasteiger partial charge on any atom is 0.305 e. The van der Waals surface area contributed by atoms with E-state index in [1.54, 1.807) is 12.1 Å². The predicted molar refractivity (Wildman–Crippen MR) is 71.7 cm³/mol. The highest BCUT2D eigenvalue weighted by atomic mass is 16.4. The molecule has 0 bridgehead atoms. The first-order chi connectivity index (χ1) is 9.93. The summed E-state index contributed by atoms with van der Waals surface area (Å²) in [5.41, 5.74) is 0.542. The standard InChI is InChI=1S/C14H14N2O5/c1-8(12(19)15-7-6-11(17)18)16-13(20)9-4-2-3-5-10(9)14(16)21/h2-5,8H,6-7H2,1H3,(H,15,19)(H,17,18). The minimum atomic E-state index is -1.04. The van der Waals surface area contributed by atoms with Crippen LogP contribution in [0.2, 0.25) is 0 Å². The third kappa shape index (κ3) is 2.76. The number of rotatable bonds is 5. The van der Waals surface area contributed by atoms with Crippen molar-refractivity contribution < 1.29 is 24.3 Å². The van der Waals surface area contributed by atoms with Crippen LogP contribution in [0, 0.1) is 0 Å². The molecule has 7 nitrogen and oxygen atoms in total. The highest BCUT2D eigenvalue weighted by Gasteiger charge is 2.40. The van der Waals surface area contributed by atoms with E-state index in [1.807, 2.05) is 0 Å². The van der Waals surface area contributed by atoms with Crippen molar-refractivity contribution in [2.45, 2.75) is 19.4 Å². The maximum atomic E-state index is 12.2. The molecule has 1 heterocycles. The zero-order valence-electron chi connectivity index (χ0n) is 11.3. The van der Waals surface area contributed by atoms with E-state index in [9.17, 15) is 19.2 Å². The van der Waals surface area contributed by atoms with E-state index in [0.717, 1.165) is 4.90 Å². The monoisotopic (exact) mass is 290 g/mol. The van der Waals surface area contributed by atoms with Crippen LogP contribution in [-0.2, 0) is 9.59 Å². The summed E-state index contributed by atoms with van der Waals surface area (Å²) in [6.07, 6.45) is -0.222. The Bertz CT molecular complexity index is 591. The van der Waals surface area contributed by atoms with Gasteiger partial charge in [0.2, 0.25) is 5.91 Å². The average Bonchev–Trinajstić information content (AvgIpc) is 2.70. The lowest BCUT2D eigenvalue weighted by molar-refractivity contribution is -0.137. The number of carbonyl (C=O) groups excluding carboxylic acids is 3. The summed E-state index contributed by atoms with van der Waals surface area (Å²) in [4.78, 5) is 47.5. The quantitative estimate of drug-likeness (QED) is 0.757. The molecule has 2 rings (SSSR count). The van der Waals surface area contributed by atoms with Crippen molar-refractivity contribution in [1.82, 2.24) is 10.2 Å². The van der Waals surface area contributed by atoms with E-state index in [0.29, 0.717) is 0 Å². The largest absolute Gasteiger partial charge is 0.481 e. The highest BCUT2D eigenvalue weighted by molar-refractivity contribution is 6.22. The molecule has 1 aliphatic heterocycles. The molecule has 0 aliphatic carbocycles. The molecule has 1 unspecified atom stereocenters. The molecule has 7 heteroatoms. The van der Waals surface area contributed by atoms with Crippen LogP contribution in [-0.4, -0.2) is 46.3 Å². The average molecular weight is 290 g/mol. The van der Waals surface area contributed by atoms with Crippen LogP contribution < -0.4 is 5.32 Å². The first-order valence-electron chi connectivity index (χ1n) is 6.40. The number of amides is 3. The summed E-state index contributed by atoms with van der Waals surface area (Å²) in [7, 11) is 0. The van der Waals surface area contributed by atoms with Crippen LogP contribution in [0.1, 0.15) is 34.1 Å². The molecular weight excluding hydrogens is 276 g/mol. The highest BCUT2D eigenvalue weighted by Crippen LogP contribution is 2.24. The molecule has 1 atom stereocenters. The van der Waals surface area contributed by atoms with Gasteiger partial charge < -0.3 is 10.4 Å². The summed E-state index contributed by atoms with van der Waals surface area (Å²) >= 11 is 0. The second-order valence-corrected chi connectivity index (χ2v) is 4.64. The number of imide groups is 1. The number of benzene rings is 1. The number of carboxylic acid groups (broad SMARTS) is 1. The van der Waals surface area contributed by atoms with Gasteiger partial charge in [-0.1, -0.05) is 12.1 Å². The molecular formula is C14H14N2O5. The Morgan fingerprint density at radius 2 is 1.71 bits per heavy atom. The summed E-state index contributed by atoms with van der Waals surface area (Å²) in [6, 6.07) is 5.36. The zero-order valence-corrected chi connectivity index (χ0v) is 11.3. The van der Waals surface area contributed by atoms with Crippen LogP contribution in [0.3, 0.4) is 0 Å². The first-order valence-corrected chi connectivity index (χ1v) is 6.40. The Hall–Kier alpha value is -2.70. The van der Waals surface area contributed by atoms with Gasteiger partial charge in [0, 0.05) is 6.54 Å². The summed E-state index contributed by atoms with van der Waals surface area (Å²) < 4.78 is 0. The molecule has 1 aromatic carbocycles. The van der Waals surface area contributed by atoms with E-state index in [-0.39, 0.29) is 24.1 Å². The molecule has 0 saturated carbocycles. The number of fused-ring (bicyclic) bond motifs is 1. The van der Waals surface area contributed by atoms with Crippen molar-refractivity contribution in [3.63, 3.8) is 0 Å². The number of nitrogens with one attached hydrogen (secondary N) is 1. The molecule has 3 amide bonds. The van der Waals surface area contributed by atoms with Crippen LogP contribution >= 0.6 is 0 Å². The van der Waals surface area contributed by atoms with Crippen molar-refractivity contribution in [2.75, 3.05) is 6.54 Å². The van der Waals surface area contributed by atoms with Crippen LogP contribution in [0.5, 0.6) is 0 Å². The summed E-state index contributed by atoms with van der Waals surface area (Å²) in [6.45, 7) is 1.37. The molecule has 21 heavy (non-hydrogen) atoms. The molecule has 1 aliphatic rings. The van der Waals surface area contributed by atoms with Gasteiger partial charge in [-0.3, -0.25) is 24.1 Å². The number of hydrogen-bond donors (Lipinski definition) is 2. The number of carbonyl (C=O) groups is 4. The van der Waals surface area contributed by atoms with Gasteiger partial charge in [0.05, 0.1) is 17.5 Å². The third-order valence-corrected chi connectivity index (χ3v) is 3.23. The Morgan fingerprint density at radius 3 is 2.19 bits per heavy atom. The summed E-state index contributed by atoms with van der Waals surface area (Å²) in [5.74, 6) is -2.64. The normalized spacial score (nSPS) is 14.8.